The van der Waals surface area contributed by atoms with E-state index in [4.69, 9.17) is 9.47 Å². The molecule has 3 rings (SSSR count). The highest BCUT2D eigenvalue weighted by Crippen LogP contribution is 2.30. The number of aliphatic imine (C=N–C) groups is 1. The molecule has 0 fully saturated rings. The third-order valence-electron chi connectivity index (χ3n) is 4.93. The van der Waals surface area contributed by atoms with Gasteiger partial charge in [-0.05, 0) is 44.0 Å². The fourth-order valence-corrected chi connectivity index (χ4v) is 3.38. The molecule has 1 heterocycles. The first-order valence-corrected chi connectivity index (χ1v) is 10.3. The zero-order valence-electron chi connectivity index (χ0n) is 18.1. The maximum Gasteiger partial charge on any atom is 0.261 e. The normalized spacial score (nSPS) is 13.3. The predicted octanol–water partition coefficient (Wildman–Crippen LogP) is 3.16. The maximum absolute atomic E-state index is 12.4. The van der Waals surface area contributed by atoms with Gasteiger partial charge in [-0.3, -0.25) is 19.5 Å². The highest BCUT2D eigenvalue weighted by Gasteiger charge is 2.34. The lowest BCUT2D eigenvalue weighted by Crippen LogP contribution is -2.33. The number of amides is 2. The topological polar surface area (TPSA) is 92.3 Å². The molecular formula is C23H28N4O4. The average molecular weight is 425 g/mol. The second-order valence-electron chi connectivity index (χ2n) is 6.94. The number of ether oxygens (including phenoxy) is 2. The minimum absolute atomic E-state index is 0.213. The fraction of sp³-hybridized carbons (Fsp3) is 0.348. The smallest absolute Gasteiger partial charge is 0.261 e. The molecule has 2 aromatic rings. The van der Waals surface area contributed by atoms with Crippen molar-refractivity contribution in [3.8, 4) is 11.5 Å². The number of carbonyl (C=O) groups excluding carboxylic acids is 2. The van der Waals surface area contributed by atoms with Gasteiger partial charge in [-0.15, -0.1) is 0 Å². The van der Waals surface area contributed by atoms with E-state index in [0.29, 0.717) is 54.7 Å². The lowest BCUT2D eigenvalue weighted by Gasteiger charge is -2.16. The second kappa shape index (κ2) is 10.5. The minimum atomic E-state index is -0.213. The van der Waals surface area contributed by atoms with E-state index in [1.54, 1.807) is 38.4 Å². The first-order valence-electron chi connectivity index (χ1n) is 10.3. The third-order valence-corrected chi connectivity index (χ3v) is 4.93. The maximum atomic E-state index is 12.4. The van der Waals surface area contributed by atoms with Crippen LogP contribution in [0.1, 0.15) is 40.5 Å². The zero-order chi connectivity index (χ0) is 22.2. The number of fused-ring (bicyclic) bond motifs is 1. The van der Waals surface area contributed by atoms with Crippen LogP contribution in [0.25, 0.3) is 0 Å². The van der Waals surface area contributed by atoms with Crippen molar-refractivity contribution in [1.82, 2.24) is 10.2 Å². The van der Waals surface area contributed by atoms with E-state index in [9.17, 15) is 9.59 Å². The van der Waals surface area contributed by atoms with Crippen molar-refractivity contribution in [2.75, 3.05) is 39.2 Å². The number of methoxy groups -OCH3 is 1. The first kappa shape index (κ1) is 22.1. The number of imide groups is 1. The van der Waals surface area contributed by atoms with Crippen LogP contribution < -0.4 is 20.1 Å². The predicted molar refractivity (Wildman–Crippen MR) is 120 cm³/mol. The monoisotopic (exact) mass is 424 g/mol. The Morgan fingerprint density at radius 1 is 1.03 bits per heavy atom. The number of unbranched alkanes of at least 4 members (excludes halogenated alkanes) is 1. The number of hydrogen-bond acceptors (Lipinski definition) is 5. The molecule has 0 aromatic heterocycles. The summed E-state index contributed by atoms with van der Waals surface area (Å²) in [4.78, 5) is 30.3. The molecule has 0 saturated carbocycles. The van der Waals surface area contributed by atoms with Crippen LogP contribution in [0.3, 0.4) is 0 Å². The van der Waals surface area contributed by atoms with Crippen molar-refractivity contribution < 1.29 is 19.1 Å². The number of guanidine groups is 1. The first-order chi connectivity index (χ1) is 15.1. The summed E-state index contributed by atoms with van der Waals surface area (Å²) in [6, 6.07) is 12.5. The van der Waals surface area contributed by atoms with Crippen LogP contribution in [0, 0.1) is 0 Å². The quantitative estimate of drug-likeness (QED) is 0.278. The molecule has 0 saturated heterocycles. The van der Waals surface area contributed by atoms with Crippen LogP contribution >= 0.6 is 0 Å². The number of benzene rings is 2. The number of rotatable bonds is 9. The Kier molecular flexibility index (Phi) is 7.48. The summed E-state index contributed by atoms with van der Waals surface area (Å²) < 4.78 is 10.9. The Morgan fingerprint density at radius 2 is 1.74 bits per heavy atom. The minimum Gasteiger partial charge on any atom is -0.493 e. The Morgan fingerprint density at radius 3 is 2.35 bits per heavy atom. The number of hydrogen-bond donors (Lipinski definition) is 2. The summed E-state index contributed by atoms with van der Waals surface area (Å²) in [5.74, 6) is 1.52. The van der Waals surface area contributed by atoms with Gasteiger partial charge in [0.2, 0.25) is 0 Å². The van der Waals surface area contributed by atoms with Crippen molar-refractivity contribution >= 4 is 23.5 Å². The highest BCUT2D eigenvalue weighted by atomic mass is 16.5. The van der Waals surface area contributed by atoms with Crippen LogP contribution in [0.15, 0.2) is 47.5 Å². The van der Waals surface area contributed by atoms with Crippen LogP contribution in [0.2, 0.25) is 0 Å². The van der Waals surface area contributed by atoms with Gasteiger partial charge in [0, 0.05) is 31.9 Å². The summed E-state index contributed by atoms with van der Waals surface area (Å²) in [7, 11) is 3.29. The van der Waals surface area contributed by atoms with Gasteiger partial charge < -0.3 is 20.1 Å². The highest BCUT2D eigenvalue weighted by molar-refractivity contribution is 6.21. The van der Waals surface area contributed by atoms with Gasteiger partial charge in [-0.25, -0.2) is 0 Å². The van der Waals surface area contributed by atoms with E-state index in [0.717, 1.165) is 12.1 Å². The van der Waals surface area contributed by atoms with Crippen LogP contribution in [-0.2, 0) is 0 Å². The largest absolute Gasteiger partial charge is 0.493 e. The Bertz CT molecular complexity index is 939. The number of anilines is 1. The lowest BCUT2D eigenvalue weighted by atomic mass is 10.1. The fourth-order valence-electron chi connectivity index (χ4n) is 3.38. The molecule has 2 aromatic carbocycles. The molecule has 2 amide bonds. The van der Waals surface area contributed by atoms with Crippen molar-refractivity contribution in [2.24, 2.45) is 4.99 Å². The van der Waals surface area contributed by atoms with Gasteiger partial charge in [0.15, 0.2) is 17.5 Å². The molecule has 0 atom stereocenters. The molecule has 0 spiro atoms. The van der Waals surface area contributed by atoms with Gasteiger partial charge in [0.1, 0.15) is 0 Å². The van der Waals surface area contributed by atoms with Gasteiger partial charge >= 0.3 is 0 Å². The van der Waals surface area contributed by atoms with Gasteiger partial charge in [-0.1, -0.05) is 12.1 Å². The van der Waals surface area contributed by atoms with Gasteiger partial charge in [0.05, 0.1) is 24.8 Å². The number of nitrogens with zero attached hydrogens (tertiary/aromatic N) is 2. The van der Waals surface area contributed by atoms with Crippen LogP contribution in [-0.4, -0.2) is 56.5 Å². The van der Waals surface area contributed by atoms with Crippen molar-refractivity contribution in [3.63, 3.8) is 0 Å². The number of carbonyl (C=O) groups is 2. The molecule has 8 nitrogen and oxygen atoms in total. The lowest BCUT2D eigenvalue weighted by molar-refractivity contribution is 0.0652. The van der Waals surface area contributed by atoms with E-state index in [-0.39, 0.29) is 11.8 Å². The Labute approximate surface area is 182 Å². The molecule has 0 unspecified atom stereocenters. The summed E-state index contributed by atoms with van der Waals surface area (Å²) in [5.41, 5.74) is 1.79. The molecular weight excluding hydrogens is 396 g/mol. The van der Waals surface area contributed by atoms with Gasteiger partial charge in [-0.2, -0.15) is 0 Å². The summed E-state index contributed by atoms with van der Waals surface area (Å²) in [5, 5.41) is 6.45. The molecule has 0 radical (unpaired) electrons. The molecule has 0 bridgehead atoms. The van der Waals surface area contributed by atoms with Crippen LogP contribution in [0.4, 0.5) is 5.69 Å². The van der Waals surface area contributed by atoms with Crippen molar-refractivity contribution in [3.05, 3.63) is 53.6 Å². The molecule has 0 aliphatic carbocycles. The molecule has 1 aliphatic heterocycles. The van der Waals surface area contributed by atoms with E-state index in [1.165, 1.54) is 4.90 Å². The van der Waals surface area contributed by atoms with Gasteiger partial charge in [0.25, 0.3) is 11.8 Å². The standard InChI is InChI=1S/C23H28N4O4/c1-4-31-19-12-11-16(15-20(19)30-3)26-23(24-2)25-13-7-8-14-27-21(28)17-9-5-6-10-18(17)22(27)29/h5-6,9-12,15H,4,7-8,13-14H2,1-3H3,(H2,24,25,26). The average Bonchev–Trinajstić information content (AvgIpc) is 3.04. The summed E-state index contributed by atoms with van der Waals surface area (Å²) >= 11 is 0. The molecule has 164 valence electrons. The Hall–Kier alpha value is -3.55. The van der Waals surface area contributed by atoms with E-state index < -0.39 is 0 Å². The van der Waals surface area contributed by atoms with E-state index >= 15 is 0 Å². The molecule has 2 N–H and O–H groups in total. The van der Waals surface area contributed by atoms with E-state index in [2.05, 4.69) is 15.6 Å². The second-order valence-corrected chi connectivity index (χ2v) is 6.94. The van der Waals surface area contributed by atoms with Crippen molar-refractivity contribution in [2.45, 2.75) is 19.8 Å². The SMILES string of the molecule is CCOc1ccc(NC(=NC)NCCCCN2C(=O)c3ccccc3C2=O)cc1OC. The molecule has 8 heteroatoms. The van der Waals surface area contributed by atoms with Crippen LogP contribution in [0.5, 0.6) is 11.5 Å². The number of nitrogens with one attached hydrogen (secondary N) is 2. The third kappa shape index (κ3) is 5.14. The van der Waals surface area contributed by atoms with E-state index in [1.807, 2.05) is 25.1 Å². The molecule has 31 heavy (non-hydrogen) atoms. The van der Waals surface area contributed by atoms with Crippen molar-refractivity contribution in [1.29, 1.82) is 0 Å². The zero-order valence-corrected chi connectivity index (χ0v) is 18.1. The molecule has 1 aliphatic rings. The Balaban J connectivity index is 1.45. The summed E-state index contributed by atoms with van der Waals surface area (Å²) in [6.07, 6.45) is 1.48. The summed E-state index contributed by atoms with van der Waals surface area (Å²) in [6.45, 7) is 3.53.